The monoisotopic (exact) mass is 281 g/mol. The molecule has 0 atom stereocenters. The molecule has 0 aliphatic heterocycles. The van der Waals surface area contributed by atoms with Gasteiger partial charge < -0.3 is 10.4 Å². The molecular formula is C10H8BrN3O2. The zero-order valence-corrected chi connectivity index (χ0v) is 9.65. The highest BCUT2D eigenvalue weighted by Crippen LogP contribution is 2.22. The molecule has 0 bridgehead atoms. The molecule has 1 aromatic carbocycles. The lowest BCUT2D eigenvalue weighted by Crippen LogP contribution is -2.11. The number of aromatic nitrogens is 2. The Labute approximate surface area is 99.6 Å². The van der Waals surface area contributed by atoms with E-state index in [1.54, 1.807) is 12.3 Å². The van der Waals surface area contributed by atoms with Gasteiger partial charge >= 0.3 is 0 Å². The van der Waals surface area contributed by atoms with Gasteiger partial charge in [-0.1, -0.05) is 15.9 Å². The number of phenolic OH excluding ortho intramolecular Hbond substituents is 1. The van der Waals surface area contributed by atoms with Crippen LogP contribution >= 0.6 is 15.9 Å². The van der Waals surface area contributed by atoms with Crippen molar-refractivity contribution in [2.75, 3.05) is 5.32 Å². The Bertz CT molecular complexity index is 511. The lowest BCUT2D eigenvalue weighted by Gasteiger charge is -2.04. The summed E-state index contributed by atoms with van der Waals surface area (Å²) in [5.41, 5.74) is 0.761. The number of halogens is 1. The van der Waals surface area contributed by atoms with Gasteiger partial charge in [0, 0.05) is 10.7 Å². The van der Waals surface area contributed by atoms with E-state index >= 15 is 0 Å². The minimum absolute atomic E-state index is 0.0737. The van der Waals surface area contributed by atoms with Crippen LogP contribution in [0.3, 0.4) is 0 Å². The van der Waals surface area contributed by atoms with E-state index in [1.165, 1.54) is 18.3 Å². The summed E-state index contributed by atoms with van der Waals surface area (Å²) in [6, 6.07) is 4.68. The lowest BCUT2D eigenvalue weighted by atomic mass is 10.2. The molecule has 0 radical (unpaired) electrons. The number of benzene rings is 1. The van der Waals surface area contributed by atoms with Gasteiger partial charge in [0.1, 0.15) is 5.75 Å². The number of amides is 1. The number of rotatable bonds is 2. The second-order valence-electron chi connectivity index (χ2n) is 3.10. The molecule has 2 rings (SSSR count). The van der Waals surface area contributed by atoms with Crippen LogP contribution in [0, 0.1) is 0 Å². The Balaban J connectivity index is 2.21. The van der Waals surface area contributed by atoms with E-state index in [0.29, 0.717) is 10.2 Å². The molecule has 2 aromatic rings. The van der Waals surface area contributed by atoms with Gasteiger partial charge in [-0.15, -0.1) is 0 Å². The van der Waals surface area contributed by atoms with Crippen molar-refractivity contribution < 1.29 is 9.90 Å². The number of carbonyl (C=O) groups excluding carboxylic acids is 1. The maximum atomic E-state index is 11.7. The number of hydrogen-bond acceptors (Lipinski definition) is 3. The smallest absolute Gasteiger partial charge is 0.259 e. The van der Waals surface area contributed by atoms with Crippen molar-refractivity contribution in [2.45, 2.75) is 0 Å². The second kappa shape index (κ2) is 4.36. The third-order valence-corrected chi connectivity index (χ3v) is 2.45. The third kappa shape index (κ3) is 2.22. The largest absolute Gasteiger partial charge is 0.507 e. The molecule has 0 saturated heterocycles. The number of carbonyl (C=O) groups is 1. The van der Waals surface area contributed by atoms with Crippen LogP contribution in [0.15, 0.2) is 35.1 Å². The van der Waals surface area contributed by atoms with Gasteiger partial charge in [0.25, 0.3) is 5.91 Å². The number of H-pyrrole nitrogens is 1. The predicted octanol–water partition coefficient (Wildman–Crippen LogP) is 2.13. The normalized spacial score (nSPS) is 10.1. The van der Waals surface area contributed by atoms with Gasteiger partial charge in [0.2, 0.25) is 0 Å². The van der Waals surface area contributed by atoms with Crippen molar-refractivity contribution in [3.05, 3.63) is 40.6 Å². The standard InChI is InChI=1S/C10H8BrN3O2/c11-6-1-2-8(9(15)3-6)10(16)14-7-4-12-13-5-7/h1-5,15H,(H,12,13)(H,14,16). The number of phenols is 1. The first-order valence-electron chi connectivity index (χ1n) is 4.45. The van der Waals surface area contributed by atoms with E-state index in [4.69, 9.17) is 0 Å². The van der Waals surface area contributed by atoms with Crippen LogP contribution in [0.4, 0.5) is 5.69 Å². The molecule has 0 saturated carbocycles. The van der Waals surface area contributed by atoms with E-state index < -0.39 is 0 Å². The summed E-state index contributed by atoms with van der Waals surface area (Å²) in [6.45, 7) is 0. The summed E-state index contributed by atoms with van der Waals surface area (Å²) in [6.07, 6.45) is 3.03. The van der Waals surface area contributed by atoms with Crippen molar-refractivity contribution in [3.8, 4) is 5.75 Å². The Morgan fingerprint density at radius 1 is 1.50 bits per heavy atom. The van der Waals surface area contributed by atoms with Crippen LogP contribution in [-0.2, 0) is 0 Å². The molecule has 0 aliphatic carbocycles. The fourth-order valence-electron chi connectivity index (χ4n) is 1.21. The third-order valence-electron chi connectivity index (χ3n) is 1.96. The van der Waals surface area contributed by atoms with Gasteiger partial charge in [0.15, 0.2) is 0 Å². The number of hydrogen-bond donors (Lipinski definition) is 3. The molecule has 1 heterocycles. The second-order valence-corrected chi connectivity index (χ2v) is 4.02. The fourth-order valence-corrected chi connectivity index (χ4v) is 1.56. The van der Waals surface area contributed by atoms with Crippen molar-refractivity contribution in [3.63, 3.8) is 0 Å². The summed E-state index contributed by atoms with van der Waals surface area (Å²) in [7, 11) is 0. The van der Waals surface area contributed by atoms with Crippen LogP contribution in [0.5, 0.6) is 5.75 Å². The summed E-state index contributed by atoms with van der Waals surface area (Å²) in [5.74, 6) is -0.457. The van der Waals surface area contributed by atoms with Gasteiger partial charge in [-0.3, -0.25) is 9.89 Å². The molecule has 3 N–H and O–H groups in total. The zero-order chi connectivity index (χ0) is 11.5. The van der Waals surface area contributed by atoms with Crippen LogP contribution < -0.4 is 5.32 Å². The van der Waals surface area contributed by atoms with Gasteiger partial charge in [0.05, 0.1) is 17.4 Å². The first-order valence-corrected chi connectivity index (χ1v) is 5.25. The minimum atomic E-state index is -0.383. The first-order chi connectivity index (χ1) is 7.66. The number of nitrogens with zero attached hydrogens (tertiary/aromatic N) is 1. The van der Waals surface area contributed by atoms with Gasteiger partial charge in [-0.2, -0.15) is 5.10 Å². The molecule has 1 aromatic heterocycles. The average Bonchev–Trinajstić information content (AvgIpc) is 2.70. The average molecular weight is 282 g/mol. The Kier molecular flexibility index (Phi) is 2.91. The van der Waals surface area contributed by atoms with Crippen molar-refractivity contribution >= 4 is 27.5 Å². The Morgan fingerprint density at radius 3 is 2.94 bits per heavy atom. The molecule has 16 heavy (non-hydrogen) atoms. The van der Waals surface area contributed by atoms with Gasteiger partial charge in [-0.05, 0) is 18.2 Å². The quantitative estimate of drug-likeness (QED) is 0.789. The summed E-state index contributed by atoms with van der Waals surface area (Å²) >= 11 is 3.20. The van der Waals surface area contributed by atoms with Crippen LogP contribution in [0.1, 0.15) is 10.4 Å². The van der Waals surface area contributed by atoms with Crippen LogP contribution in [0.25, 0.3) is 0 Å². The number of aromatic hydroxyl groups is 1. The molecule has 0 spiro atoms. The predicted molar refractivity (Wildman–Crippen MR) is 62.3 cm³/mol. The topological polar surface area (TPSA) is 78.0 Å². The number of aromatic amines is 1. The maximum absolute atomic E-state index is 11.7. The summed E-state index contributed by atoms with van der Waals surface area (Å²) < 4.78 is 0.713. The van der Waals surface area contributed by atoms with E-state index in [2.05, 4.69) is 31.4 Å². The van der Waals surface area contributed by atoms with Crippen LogP contribution in [0.2, 0.25) is 0 Å². The first kappa shape index (κ1) is 10.7. The summed E-state index contributed by atoms with van der Waals surface area (Å²) in [4.78, 5) is 11.7. The molecule has 6 heteroatoms. The van der Waals surface area contributed by atoms with E-state index in [0.717, 1.165) is 0 Å². The highest BCUT2D eigenvalue weighted by atomic mass is 79.9. The van der Waals surface area contributed by atoms with Crippen molar-refractivity contribution in [1.29, 1.82) is 0 Å². The highest BCUT2D eigenvalue weighted by molar-refractivity contribution is 9.10. The molecule has 5 nitrogen and oxygen atoms in total. The number of anilines is 1. The summed E-state index contributed by atoms with van der Waals surface area (Å²) in [5, 5.41) is 18.4. The molecule has 1 amide bonds. The molecule has 82 valence electrons. The van der Waals surface area contributed by atoms with Crippen molar-refractivity contribution in [1.82, 2.24) is 10.2 Å². The minimum Gasteiger partial charge on any atom is -0.507 e. The van der Waals surface area contributed by atoms with E-state index in [9.17, 15) is 9.90 Å². The Hall–Kier alpha value is -1.82. The molecule has 0 fully saturated rings. The lowest BCUT2D eigenvalue weighted by molar-refractivity contribution is 0.102. The van der Waals surface area contributed by atoms with Gasteiger partial charge in [-0.25, -0.2) is 0 Å². The zero-order valence-electron chi connectivity index (χ0n) is 8.07. The molecular weight excluding hydrogens is 274 g/mol. The Morgan fingerprint density at radius 2 is 2.31 bits per heavy atom. The SMILES string of the molecule is O=C(Nc1cn[nH]c1)c1ccc(Br)cc1O. The van der Waals surface area contributed by atoms with Crippen LogP contribution in [-0.4, -0.2) is 21.2 Å². The molecule has 0 unspecified atom stereocenters. The van der Waals surface area contributed by atoms with E-state index in [-0.39, 0.29) is 17.2 Å². The molecule has 0 aliphatic rings. The van der Waals surface area contributed by atoms with E-state index in [1.807, 2.05) is 0 Å². The highest BCUT2D eigenvalue weighted by Gasteiger charge is 2.11. The number of nitrogens with one attached hydrogen (secondary N) is 2. The fraction of sp³-hybridized carbons (Fsp3) is 0. The maximum Gasteiger partial charge on any atom is 0.259 e. The van der Waals surface area contributed by atoms with Crippen molar-refractivity contribution in [2.24, 2.45) is 0 Å².